The average molecular weight is 365 g/mol. The number of carbonyl (C=O) groups is 2. The zero-order valence-electron chi connectivity index (χ0n) is 16.2. The van der Waals surface area contributed by atoms with Crippen molar-refractivity contribution in [3.05, 3.63) is 35.9 Å². The van der Waals surface area contributed by atoms with Gasteiger partial charge < -0.3 is 19.5 Å². The second-order valence-corrected chi connectivity index (χ2v) is 7.14. The maximum atomic E-state index is 12.2. The highest BCUT2D eigenvalue weighted by molar-refractivity contribution is 5.83. The summed E-state index contributed by atoms with van der Waals surface area (Å²) in [5.41, 5.74) is 0.541. The fourth-order valence-electron chi connectivity index (χ4n) is 2.39. The molecule has 0 fully saturated rings. The van der Waals surface area contributed by atoms with Crippen molar-refractivity contribution < 1.29 is 23.8 Å². The summed E-state index contributed by atoms with van der Waals surface area (Å²) in [5, 5.41) is 2.66. The minimum atomic E-state index is -0.566. The molecule has 1 atom stereocenters. The number of esters is 1. The molecule has 0 bridgehead atoms. The molecule has 0 saturated carbocycles. The molecule has 0 radical (unpaired) electrons. The quantitative estimate of drug-likeness (QED) is 0.371. The zero-order valence-corrected chi connectivity index (χ0v) is 16.2. The summed E-state index contributed by atoms with van der Waals surface area (Å²) in [6, 6.07) is 9.90. The Kier molecular flexibility index (Phi) is 9.91. The molecule has 0 aromatic heterocycles. The van der Waals surface area contributed by atoms with Gasteiger partial charge in [-0.1, -0.05) is 30.3 Å². The SMILES string of the molecule is COCNC(=O)C(CCCOCc1ccccc1)CC(=O)OC(C)(C)C. The number of amides is 1. The molecule has 1 aromatic carbocycles. The van der Waals surface area contributed by atoms with Gasteiger partial charge in [-0.05, 0) is 39.2 Å². The Hall–Kier alpha value is -1.92. The third-order valence-electron chi connectivity index (χ3n) is 3.55. The highest BCUT2D eigenvalue weighted by Gasteiger charge is 2.25. The van der Waals surface area contributed by atoms with Crippen LogP contribution in [0.5, 0.6) is 0 Å². The van der Waals surface area contributed by atoms with Crippen molar-refractivity contribution in [1.29, 1.82) is 0 Å². The predicted molar refractivity (Wildman–Crippen MR) is 99.3 cm³/mol. The topological polar surface area (TPSA) is 73.9 Å². The summed E-state index contributed by atoms with van der Waals surface area (Å²) in [6.45, 7) is 6.60. The smallest absolute Gasteiger partial charge is 0.307 e. The van der Waals surface area contributed by atoms with Crippen LogP contribution in [0.25, 0.3) is 0 Å². The van der Waals surface area contributed by atoms with Crippen molar-refractivity contribution in [1.82, 2.24) is 5.32 Å². The highest BCUT2D eigenvalue weighted by Crippen LogP contribution is 2.16. The van der Waals surface area contributed by atoms with Crippen LogP contribution in [-0.2, 0) is 30.4 Å². The molecule has 6 nitrogen and oxygen atoms in total. The van der Waals surface area contributed by atoms with Crippen molar-refractivity contribution >= 4 is 11.9 Å². The van der Waals surface area contributed by atoms with Crippen molar-refractivity contribution in [2.45, 2.75) is 52.2 Å². The molecule has 0 aliphatic carbocycles. The van der Waals surface area contributed by atoms with Crippen LogP contribution < -0.4 is 5.32 Å². The summed E-state index contributed by atoms with van der Waals surface area (Å²) in [7, 11) is 1.50. The van der Waals surface area contributed by atoms with E-state index in [9.17, 15) is 9.59 Å². The lowest BCUT2D eigenvalue weighted by Crippen LogP contribution is -2.35. The van der Waals surface area contributed by atoms with Gasteiger partial charge in [-0.25, -0.2) is 0 Å². The van der Waals surface area contributed by atoms with Gasteiger partial charge in [-0.15, -0.1) is 0 Å². The number of rotatable bonds is 11. The normalized spacial score (nSPS) is 12.5. The summed E-state index contributed by atoms with van der Waals surface area (Å²) in [6.07, 6.45) is 1.27. The lowest BCUT2D eigenvalue weighted by atomic mass is 9.98. The molecule has 1 aromatic rings. The van der Waals surface area contributed by atoms with Crippen LogP contribution in [0, 0.1) is 5.92 Å². The van der Waals surface area contributed by atoms with Crippen molar-refractivity contribution in [3.63, 3.8) is 0 Å². The molecule has 0 aliphatic heterocycles. The largest absolute Gasteiger partial charge is 0.460 e. The molecule has 1 unspecified atom stereocenters. The Labute approximate surface area is 156 Å². The molecule has 0 spiro atoms. The first kappa shape index (κ1) is 22.1. The van der Waals surface area contributed by atoms with Crippen LogP contribution in [0.15, 0.2) is 30.3 Å². The molecule has 0 aliphatic rings. The van der Waals surface area contributed by atoms with Gasteiger partial charge in [0.25, 0.3) is 0 Å². The molecule has 6 heteroatoms. The Morgan fingerprint density at radius 3 is 2.46 bits per heavy atom. The van der Waals surface area contributed by atoms with E-state index in [1.807, 2.05) is 51.1 Å². The van der Waals surface area contributed by atoms with Crippen LogP contribution in [0.3, 0.4) is 0 Å². The molecule has 0 heterocycles. The molecule has 1 rings (SSSR count). The van der Waals surface area contributed by atoms with Crippen LogP contribution in [0.4, 0.5) is 0 Å². The van der Waals surface area contributed by atoms with E-state index in [0.717, 1.165) is 5.56 Å². The summed E-state index contributed by atoms with van der Waals surface area (Å²) in [4.78, 5) is 24.3. The van der Waals surface area contributed by atoms with E-state index >= 15 is 0 Å². The number of methoxy groups -OCH3 is 1. The molecule has 1 amide bonds. The Morgan fingerprint density at radius 1 is 1.15 bits per heavy atom. The third kappa shape index (κ3) is 10.2. The van der Waals surface area contributed by atoms with Gasteiger partial charge in [0.2, 0.25) is 5.91 Å². The third-order valence-corrected chi connectivity index (χ3v) is 3.55. The number of hydrogen-bond acceptors (Lipinski definition) is 5. The van der Waals surface area contributed by atoms with E-state index in [1.165, 1.54) is 7.11 Å². The fourth-order valence-corrected chi connectivity index (χ4v) is 2.39. The van der Waals surface area contributed by atoms with Gasteiger partial charge in [-0.3, -0.25) is 9.59 Å². The minimum Gasteiger partial charge on any atom is -0.460 e. The van der Waals surface area contributed by atoms with Crippen LogP contribution in [-0.4, -0.2) is 37.9 Å². The number of ether oxygens (including phenoxy) is 3. The lowest BCUT2D eigenvalue weighted by Gasteiger charge is -2.22. The second-order valence-electron chi connectivity index (χ2n) is 7.14. The maximum absolute atomic E-state index is 12.2. The standard InChI is InChI=1S/C20H31NO5/c1-20(2,3)26-18(22)13-17(19(23)21-15-24-4)11-8-12-25-14-16-9-6-5-7-10-16/h5-7,9-10,17H,8,11-15H2,1-4H3,(H,21,23). The predicted octanol–water partition coefficient (Wildman–Crippen LogP) is 3.05. The van der Waals surface area contributed by atoms with E-state index in [0.29, 0.717) is 26.1 Å². The van der Waals surface area contributed by atoms with E-state index in [-0.39, 0.29) is 25.0 Å². The summed E-state index contributed by atoms with van der Waals surface area (Å²) in [5.74, 6) is -1.04. The second kappa shape index (κ2) is 11.6. The van der Waals surface area contributed by atoms with Crippen LogP contribution in [0.2, 0.25) is 0 Å². The van der Waals surface area contributed by atoms with E-state index in [1.54, 1.807) is 0 Å². The van der Waals surface area contributed by atoms with Gasteiger partial charge in [0, 0.05) is 19.6 Å². The number of carbonyl (C=O) groups excluding carboxylic acids is 2. The van der Waals surface area contributed by atoms with Crippen LogP contribution >= 0.6 is 0 Å². The van der Waals surface area contributed by atoms with Gasteiger partial charge >= 0.3 is 5.97 Å². The van der Waals surface area contributed by atoms with Crippen LogP contribution in [0.1, 0.15) is 45.6 Å². The highest BCUT2D eigenvalue weighted by atomic mass is 16.6. The molecule has 146 valence electrons. The Bertz CT molecular complexity index is 539. The first-order valence-electron chi connectivity index (χ1n) is 8.92. The monoisotopic (exact) mass is 365 g/mol. The van der Waals surface area contributed by atoms with Gasteiger partial charge in [0.1, 0.15) is 12.3 Å². The van der Waals surface area contributed by atoms with Gasteiger partial charge in [0.05, 0.1) is 13.0 Å². The Balaban J connectivity index is 2.42. The van der Waals surface area contributed by atoms with Gasteiger partial charge in [-0.2, -0.15) is 0 Å². The minimum absolute atomic E-state index is 0.0471. The summed E-state index contributed by atoms with van der Waals surface area (Å²) >= 11 is 0. The molecule has 26 heavy (non-hydrogen) atoms. The first-order valence-corrected chi connectivity index (χ1v) is 8.92. The lowest BCUT2D eigenvalue weighted by molar-refractivity contribution is -0.157. The first-order chi connectivity index (χ1) is 12.3. The van der Waals surface area contributed by atoms with E-state index < -0.39 is 11.5 Å². The molecule has 0 saturated heterocycles. The maximum Gasteiger partial charge on any atom is 0.307 e. The van der Waals surface area contributed by atoms with Gasteiger partial charge in [0.15, 0.2) is 0 Å². The molecular formula is C20H31NO5. The average Bonchev–Trinajstić information content (AvgIpc) is 2.57. The Morgan fingerprint density at radius 2 is 1.85 bits per heavy atom. The number of hydrogen-bond donors (Lipinski definition) is 1. The zero-order chi connectivity index (χ0) is 19.4. The summed E-state index contributed by atoms with van der Waals surface area (Å²) < 4.78 is 15.8. The van der Waals surface area contributed by atoms with Crippen molar-refractivity contribution in [2.24, 2.45) is 5.92 Å². The molecule has 1 N–H and O–H groups in total. The van der Waals surface area contributed by atoms with Crippen molar-refractivity contribution in [2.75, 3.05) is 20.4 Å². The number of benzene rings is 1. The fraction of sp³-hybridized carbons (Fsp3) is 0.600. The molecular weight excluding hydrogens is 334 g/mol. The van der Waals surface area contributed by atoms with Crippen molar-refractivity contribution in [3.8, 4) is 0 Å². The van der Waals surface area contributed by atoms with E-state index in [2.05, 4.69) is 5.32 Å². The number of nitrogens with one attached hydrogen (secondary N) is 1. The van der Waals surface area contributed by atoms with E-state index in [4.69, 9.17) is 14.2 Å².